The Morgan fingerprint density at radius 1 is 1.32 bits per heavy atom. The Kier molecular flexibility index (Phi) is 4.60. The summed E-state index contributed by atoms with van der Waals surface area (Å²) in [4.78, 5) is 18.4. The number of nitrogens with zero attached hydrogens (tertiary/aromatic N) is 1. The monoisotopic (exact) mass is 330 g/mol. The molecule has 112 valence electrons. The molecular weight excluding hydrogens is 316 g/mol. The van der Waals surface area contributed by atoms with Gasteiger partial charge in [-0.2, -0.15) is 0 Å². The standard InChI is InChI=1S/C16H14N2O2S2/c1-21-12-6-4-11(5-7-12)9-17-16(19)14-15(20-10-18-14)13-3-2-8-22-13/h2-8,10H,9H2,1H3,(H,17,19). The number of rotatable bonds is 5. The zero-order valence-electron chi connectivity index (χ0n) is 11.9. The number of hydrogen-bond donors (Lipinski definition) is 1. The lowest BCUT2D eigenvalue weighted by Crippen LogP contribution is -2.23. The minimum atomic E-state index is -0.230. The van der Waals surface area contributed by atoms with Crippen LogP contribution in [-0.4, -0.2) is 17.1 Å². The Balaban J connectivity index is 1.69. The van der Waals surface area contributed by atoms with Gasteiger partial charge in [-0.15, -0.1) is 23.1 Å². The smallest absolute Gasteiger partial charge is 0.274 e. The van der Waals surface area contributed by atoms with Crippen molar-refractivity contribution in [1.29, 1.82) is 0 Å². The van der Waals surface area contributed by atoms with Gasteiger partial charge in [0.05, 0.1) is 4.88 Å². The average Bonchev–Trinajstić information content (AvgIpc) is 3.23. The molecule has 6 heteroatoms. The largest absolute Gasteiger partial charge is 0.442 e. The van der Waals surface area contributed by atoms with Crippen LogP contribution in [0.3, 0.4) is 0 Å². The van der Waals surface area contributed by atoms with Crippen molar-refractivity contribution in [3.63, 3.8) is 0 Å². The second-order valence-electron chi connectivity index (χ2n) is 4.54. The zero-order valence-corrected chi connectivity index (χ0v) is 13.5. The summed E-state index contributed by atoms with van der Waals surface area (Å²) in [5, 5.41) is 4.81. The van der Waals surface area contributed by atoms with Crippen molar-refractivity contribution in [2.24, 2.45) is 0 Å². The fourth-order valence-corrected chi connectivity index (χ4v) is 3.12. The van der Waals surface area contributed by atoms with E-state index >= 15 is 0 Å². The molecule has 22 heavy (non-hydrogen) atoms. The molecule has 3 aromatic rings. The van der Waals surface area contributed by atoms with Gasteiger partial charge >= 0.3 is 0 Å². The number of benzene rings is 1. The predicted molar refractivity (Wildman–Crippen MR) is 89.2 cm³/mol. The van der Waals surface area contributed by atoms with Crippen molar-refractivity contribution in [3.8, 4) is 10.6 Å². The quantitative estimate of drug-likeness (QED) is 0.717. The number of nitrogens with one attached hydrogen (secondary N) is 1. The Morgan fingerprint density at radius 2 is 2.14 bits per heavy atom. The van der Waals surface area contributed by atoms with E-state index in [1.807, 2.05) is 48.0 Å². The topological polar surface area (TPSA) is 55.1 Å². The molecule has 1 amide bonds. The molecule has 1 aromatic carbocycles. The lowest BCUT2D eigenvalue weighted by atomic mass is 10.2. The fraction of sp³-hybridized carbons (Fsp3) is 0.125. The van der Waals surface area contributed by atoms with Crippen molar-refractivity contribution < 1.29 is 9.21 Å². The van der Waals surface area contributed by atoms with E-state index in [9.17, 15) is 4.79 Å². The van der Waals surface area contributed by atoms with E-state index < -0.39 is 0 Å². The first-order chi connectivity index (χ1) is 10.8. The number of thioether (sulfide) groups is 1. The molecule has 2 aromatic heterocycles. The van der Waals surface area contributed by atoms with Gasteiger partial charge in [0.25, 0.3) is 5.91 Å². The van der Waals surface area contributed by atoms with Crippen LogP contribution in [0.2, 0.25) is 0 Å². The molecule has 0 unspecified atom stereocenters. The molecule has 0 aliphatic heterocycles. The molecule has 0 radical (unpaired) electrons. The van der Waals surface area contributed by atoms with Crippen LogP contribution in [-0.2, 0) is 6.54 Å². The number of oxazole rings is 1. The molecule has 4 nitrogen and oxygen atoms in total. The summed E-state index contributed by atoms with van der Waals surface area (Å²) >= 11 is 3.21. The summed E-state index contributed by atoms with van der Waals surface area (Å²) in [7, 11) is 0. The van der Waals surface area contributed by atoms with Gasteiger partial charge in [0.1, 0.15) is 0 Å². The highest BCUT2D eigenvalue weighted by Crippen LogP contribution is 2.27. The predicted octanol–water partition coefficient (Wildman–Crippen LogP) is 4.06. The van der Waals surface area contributed by atoms with Crippen LogP contribution in [0.4, 0.5) is 0 Å². The average molecular weight is 330 g/mol. The molecule has 0 aliphatic carbocycles. The second-order valence-corrected chi connectivity index (χ2v) is 6.37. The summed E-state index contributed by atoms with van der Waals surface area (Å²) in [6.07, 6.45) is 3.34. The zero-order chi connectivity index (χ0) is 15.4. The molecule has 0 aliphatic rings. The van der Waals surface area contributed by atoms with E-state index in [2.05, 4.69) is 10.3 Å². The first-order valence-corrected chi connectivity index (χ1v) is 8.77. The number of aromatic nitrogens is 1. The highest BCUT2D eigenvalue weighted by Gasteiger charge is 2.18. The summed E-state index contributed by atoms with van der Waals surface area (Å²) in [5.74, 6) is 0.288. The molecule has 0 saturated carbocycles. The molecule has 0 bridgehead atoms. The van der Waals surface area contributed by atoms with Gasteiger partial charge in [-0.3, -0.25) is 4.79 Å². The highest BCUT2D eigenvalue weighted by molar-refractivity contribution is 7.98. The van der Waals surface area contributed by atoms with E-state index in [0.29, 0.717) is 18.0 Å². The third-order valence-electron chi connectivity index (χ3n) is 3.14. The van der Waals surface area contributed by atoms with Gasteiger partial charge in [-0.25, -0.2) is 4.98 Å². The van der Waals surface area contributed by atoms with Crippen LogP contribution >= 0.6 is 23.1 Å². The maximum atomic E-state index is 12.3. The minimum absolute atomic E-state index is 0.230. The summed E-state index contributed by atoms with van der Waals surface area (Å²) in [6, 6.07) is 11.9. The fourth-order valence-electron chi connectivity index (χ4n) is 2.00. The first-order valence-electron chi connectivity index (χ1n) is 6.66. The van der Waals surface area contributed by atoms with Crippen LogP contribution in [0.1, 0.15) is 16.1 Å². The Hall–Kier alpha value is -2.05. The number of thiophene rings is 1. The summed E-state index contributed by atoms with van der Waals surface area (Å²) < 4.78 is 5.35. The molecular formula is C16H14N2O2S2. The number of amides is 1. The normalized spacial score (nSPS) is 10.6. The van der Waals surface area contributed by atoms with Gasteiger partial charge in [0, 0.05) is 11.4 Å². The number of hydrogen-bond acceptors (Lipinski definition) is 5. The first kappa shape index (κ1) is 14.9. The minimum Gasteiger partial charge on any atom is -0.442 e. The molecule has 3 rings (SSSR count). The van der Waals surface area contributed by atoms with Crippen molar-refractivity contribution in [2.45, 2.75) is 11.4 Å². The molecule has 2 heterocycles. The summed E-state index contributed by atoms with van der Waals surface area (Å²) in [6.45, 7) is 0.463. The van der Waals surface area contributed by atoms with Crippen LogP contribution in [0, 0.1) is 0 Å². The van der Waals surface area contributed by atoms with E-state index in [-0.39, 0.29) is 5.91 Å². The van der Waals surface area contributed by atoms with E-state index in [0.717, 1.165) is 10.4 Å². The Bertz CT molecular complexity index is 749. The SMILES string of the molecule is CSc1ccc(CNC(=O)c2ncoc2-c2cccs2)cc1. The van der Waals surface area contributed by atoms with Gasteiger partial charge in [0.2, 0.25) is 0 Å². The maximum absolute atomic E-state index is 12.3. The molecule has 1 N–H and O–H groups in total. The maximum Gasteiger partial charge on any atom is 0.274 e. The van der Waals surface area contributed by atoms with Crippen LogP contribution in [0.15, 0.2) is 57.5 Å². The van der Waals surface area contributed by atoms with Gasteiger partial charge in [0.15, 0.2) is 17.8 Å². The molecule has 0 fully saturated rings. The third-order valence-corrected chi connectivity index (χ3v) is 4.75. The Morgan fingerprint density at radius 3 is 2.82 bits per heavy atom. The van der Waals surface area contributed by atoms with Gasteiger partial charge < -0.3 is 9.73 Å². The van der Waals surface area contributed by atoms with Gasteiger partial charge in [-0.1, -0.05) is 18.2 Å². The molecule has 0 atom stereocenters. The van der Waals surface area contributed by atoms with Crippen molar-refractivity contribution in [1.82, 2.24) is 10.3 Å². The van der Waals surface area contributed by atoms with Crippen molar-refractivity contribution in [2.75, 3.05) is 6.26 Å². The van der Waals surface area contributed by atoms with Crippen molar-refractivity contribution in [3.05, 3.63) is 59.4 Å². The van der Waals surface area contributed by atoms with Crippen LogP contribution < -0.4 is 5.32 Å². The van der Waals surface area contributed by atoms with Crippen molar-refractivity contribution >= 4 is 29.0 Å². The molecule has 0 saturated heterocycles. The number of carbonyl (C=O) groups excluding carboxylic acids is 1. The molecule has 0 spiro atoms. The second kappa shape index (κ2) is 6.81. The number of carbonyl (C=O) groups is 1. The van der Waals surface area contributed by atoms with Gasteiger partial charge in [-0.05, 0) is 35.4 Å². The van der Waals surface area contributed by atoms with Crippen LogP contribution in [0.25, 0.3) is 10.6 Å². The van der Waals surface area contributed by atoms with E-state index in [4.69, 9.17) is 4.42 Å². The highest BCUT2D eigenvalue weighted by atomic mass is 32.2. The lowest BCUT2D eigenvalue weighted by Gasteiger charge is -2.05. The Labute approximate surface area is 136 Å². The third kappa shape index (κ3) is 3.23. The summed E-state index contributed by atoms with van der Waals surface area (Å²) in [5.41, 5.74) is 1.37. The van der Waals surface area contributed by atoms with E-state index in [1.54, 1.807) is 11.8 Å². The van der Waals surface area contributed by atoms with Crippen LogP contribution in [0.5, 0.6) is 0 Å². The van der Waals surface area contributed by atoms with E-state index in [1.165, 1.54) is 22.6 Å². The lowest BCUT2D eigenvalue weighted by molar-refractivity contribution is 0.0947.